The van der Waals surface area contributed by atoms with Crippen LogP contribution in [0.2, 0.25) is 0 Å². The number of nitrogens with one attached hydrogen (secondary N) is 1. The molecule has 2 N–H and O–H groups in total. The zero-order chi connectivity index (χ0) is 17.9. The number of rotatable bonds is 5. The molecule has 0 amide bonds. The van der Waals surface area contributed by atoms with Crippen LogP contribution in [-0.4, -0.2) is 30.6 Å². The highest BCUT2D eigenvalue weighted by Gasteiger charge is 2.28. The topological polar surface area (TPSA) is 92.9 Å². The van der Waals surface area contributed by atoms with Crippen LogP contribution in [0.5, 0.6) is 0 Å². The number of anilines is 1. The molecule has 2 heterocycles. The Balaban J connectivity index is 1.69. The Bertz CT molecular complexity index is 909. The lowest BCUT2D eigenvalue weighted by molar-refractivity contribution is -0.142. The van der Waals surface area contributed by atoms with Crippen LogP contribution in [0, 0.1) is 5.92 Å². The van der Waals surface area contributed by atoms with E-state index in [9.17, 15) is 9.90 Å². The molecule has 2 aromatic heterocycles. The molecule has 7 heteroatoms. The monoisotopic (exact) mass is 349 g/mol. The number of fused-ring (bicyclic) bond motifs is 1. The fourth-order valence-electron chi connectivity index (χ4n) is 3.23. The fraction of sp³-hybridized carbons (Fsp3) is 0.263. The number of carbonyl (C=O) groups is 1. The van der Waals surface area contributed by atoms with E-state index in [4.69, 9.17) is 0 Å². The maximum absolute atomic E-state index is 11.4. The van der Waals surface area contributed by atoms with Gasteiger partial charge in [0.25, 0.3) is 0 Å². The van der Waals surface area contributed by atoms with E-state index in [1.165, 1.54) is 0 Å². The standard InChI is InChI=1S/C19H19N5O2/c25-18(26)14-6-7-16-15(10-14)17(21-11-13-4-2-1-3-5-13)23-19(22-16)24-9-8-20-12-24/h1-5,8-9,12,14H,6-7,10-11H2,(H,25,26)(H,21,22,23). The number of aryl methyl sites for hydroxylation is 1. The van der Waals surface area contributed by atoms with Gasteiger partial charge in [-0.25, -0.2) is 9.97 Å². The normalized spacial score (nSPS) is 16.1. The number of imidazole rings is 1. The molecule has 0 bridgehead atoms. The molecule has 1 aliphatic rings. The van der Waals surface area contributed by atoms with E-state index in [-0.39, 0.29) is 5.92 Å². The Labute approximate surface area is 150 Å². The zero-order valence-electron chi connectivity index (χ0n) is 14.2. The van der Waals surface area contributed by atoms with Crippen molar-refractivity contribution in [2.45, 2.75) is 25.8 Å². The quantitative estimate of drug-likeness (QED) is 0.735. The Morgan fingerprint density at radius 3 is 2.85 bits per heavy atom. The third-order valence-electron chi connectivity index (χ3n) is 4.65. The van der Waals surface area contributed by atoms with Gasteiger partial charge < -0.3 is 10.4 Å². The summed E-state index contributed by atoms with van der Waals surface area (Å²) in [5.74, 6) is 0.102. The predicted molar refractivity (Wildman–Crippen MR) is 96.1 cm³/mol. The summed E-state index contributed by atoms with van der Waals surface area (Å²) in [6.07, 6.45) is 6.82. The second kappa shape index (κ2) is 6.95. The molecule has 1 unspecified atom stereocenters. The van der Waals surface area contributed by atoms with Gasteiger partial charge in [-0.2, -0.15) is 4.98 Å². The predicted octanol–water partition coefficient (Wildman–Crippen LogP) is 2.46. The van der Waals surface area contributed by atoms with Crippen molar-refractivity contribution in [1.82, 2.24) is 19.5 Å². The van der Waals surface area contributed by atoms with E-state index in [0.717, 1.165) is 16.8 Å². The summed E-state index contributed by atoms with van der Waals surface area (Å²) >= 11 is 0. The van der Waals surface area contributed by atoms with E-state index < -0.39 is 5.97 Å². The molecule has 0 fully saturated rings. The molecule has 7 nitrogen and oxygen atoms in total. The molecule has 4 rings (SSSR count). The van der Waals surface area contributed by atoms with Crippen LogP contribution in [0.3, 0.4) is 0 Å². The Hall–Kier alpha value is -3.22. The summed E-state index contributed by atoms with van der Waals surface area (Å²) in [5, 5.41) is 12.8. The lowest BCUT2D eigenvalue weighted by Crippen LogP contribution is -2.25. The highest BCUT2D eigenvalue weighted by atomic mass is 16.4. The number of aromatic nitrogens is 4. The fourth-order valence-corrected chi connectivity index (χ4v) is 3.23. The van der Waals surface area contributed by atoms with Gasteiger partial charge in [-0.1, -0.05) is 30.3 Å². The van der Waals surface area contributed by atoms with Gasteiger partial charge in [0.15, 0.2) is 0 Å². The first-order chi connectivity index (χ1) is 12.7. The molecule has 1 atom stereocenters. The highest BCUT2D eigenvalue weighted by molar-refractivity contribution is 5.71. The summed E-state index contributed by atoms with van der Waals surface area (Å²) in [7, 11) is 0. The van der Waals surface area contributed by atoms with Crippen LogP contribution >= 0.6 is 0 Å². The highest BCUT2D eigenvalue weighted by Crippen LogP contribution is 2.30. The Kier molecular flexibility index (Phi) is 4.35. The van der Waals surface area contributed by atoms with E-state index in [2.05, 4.69) is 20.3 Å². The van der Waals surface area contributed by atoms with Crippen LogP contribution in [0.15, 0.2) is 49.1 Å². The smallest absolute Gasteiger partial charge is 0.306 e. The van der Waals surface area contributed by atoms with Gasteiger partial charge >= 0.3 is 5.97 Å². The number of nitrogens with zero attached hydrogens (tertiary/aromatic N) is 4. The zero-order valence-corrected chi connectivity index (χ0v) is 14.2. The SMILES string of the molecule is O=C(O)C1CCc2nc(-n3ccnc3)nc(NCc3ccccc3)c2C1. The molecular weight excluding hydrogens is 330 g/mol. The summed E-state index contributed by atoms with van der Waals surface area (Å²) < 4.78 is 1.76. The average Bonchev–Trinajstić information content (AvgIpc) is 3.21. The molecule has 1 aliphatic carbocycles. The van der Waals surface area contributed by atoms with Gasteiger partial charge in [0.05, 0.1) is 11.6 Å². The van der Waals surface area contributed by atoms with Crippen LogP contribution in [0.25, 0.3) is 5.95 Å². The van der Waals surface area contributed by atoms with Gasteiger partial charge in [0, 0.05) is 24.5 Å². The maximum atomic E-state index is 11.4. The van der Waals surface area contributed by atoms with Gasteiger partial charge in [-0.3, -0.25) is 9.36 Å². The van der Waals surface area contributed by atoms with Crippen LogP contribution < -0.4 is 5.32 Å². The molecule has 0 spiro atoms. The second-order valence-corrected chi connectivity index (χ2v) is 6.38. The van der Waals surface area contributed by atoms with Crippen molar-refractivity contribution in [2.75, 3.05) is 5.32 Å². The Morgan fingerprint density at radius 2 is 2.12 bits per heavy atom. The number of hydrogen-bond acceptors (Lipinski definition) is 5. The van der Waals surface area contributed by atoms with E-state index in [0.29, 0.717) is 37.6 Å². The average molecular weight is 349 g/mol. The summed E-state index contributed by atoms with van der Waals surface area (Å²) in [6, 6.07) is 10.0. The molecule has 3 aromatic rings. The van der Waals surface area contributed by atoms with E-state index in [1.54, 1.807) is 23.3 Å². The number of carboxylic acid groups (broad SMARTS) is 1. The van der Waals surface area contributed by atoms with Crippen molar-refractivity contribution >= 4 is 11.8 Å². The second-order valence-electron chi connectivity index (χ2n) is 6.38. The third-order valence-corrected chi connectivity index (χ3v) is 4.65. The lowest BCUT2D eigenvalue weighted by atomic mass is 9.87. The van der Waals surface area contributed by atoms with Crippen molar-refractivity contribution in [2.24, 2.45) is 5.92 Å². The molecular formula is C19H19N5O2. The van der Waals surface area contributed by atoms with Crippen molar-refractivity contribution in [3.05, 3.63) is 65.9 Å². The first kappa shape index (κ1) is 16.3. The number of carboxylic acids is 1. The minimum absolute atomic E-state index is 0.387. The largest absolute Gasteiger partial charge is 0.481 e. The molecule has 0 saturated carbocycles. The van der Waals surface area contributed by atoms with Crippen molar-refractivity contribution in [1.29, 1.82) is 0 Å². The number of benzene rings is 1. The third kappa shape index (κ3) is 3.28. The van der Waals surface area contributed by atoms with E-state index in [1.807, 2.05) is 30.3 Å². The van der Waals surface area contributed by atoms with Crippen LogP contribution in [0.4, 0.5) is 5.82 Å². The van der Waals surface area contributed by atoms with Gasteiger partial charge in [-0.05, 0) is 24.8 Å². The summed E-state index contributed by atoms with van der Waals surface area (Å²) in [5.41, 5.74) is 2.95. The molecule has 1 aromatic carbocycles. The number of hydrogen-bond donors (Lipinski definition) is 2. The minimum Gasteiger partial charge on any atom is -0.481 e. The van der Waals surface area contributed by atoms with Crippen molar-refractivity contribution < 1.29 is 9.90 Å². The minimum atomic E-state index is -0.761. The van der Waals surface area contributed by atoms with E-state index >= 15 is 0 Å². The molecule has 26 heavy (non-hydrogen) atoms. The number of aliphatic carboxylic acids is 1. The summed E-state index contributed by atoms with van der Waals surface area (Å²) in [4.78, 5) is 24.8. The molecule has 0 radical (unpaired) electrons. The van der Waals surface area contributed by atoms with Gasteiger partial charge in [0.1, 0.15) is 12.1 Å². The van der Waals surface area contributed by atoms with Gasteiger partial charge in [0.2, 0.25) is 5.95 Å². The lowest BCUT2D eigenvalue weighted by Gasteiger charge is -2.24. The van der Waals surface area contributed by atoms with Crippen molar-refractivity contribution in [3.63, 3.8) is 0 Å². The maximum Gasteiger partial charge on any atom is 0.306 e. The summed E-state index contributed by atoms with van der Waals surface area (Å²) in [6.45, 7) is 0.616. The van der Waals surface area contributed by atoms with Crippen molar-refractivity contribution in [3.8, 4) is 5.95 Å². The first-order valence-electron chi connectivity index (χ1n) is 8.59. The molecule has 132 valence electrons. The van der Waals surface area contributed by atoms with Gasteiger partial charge in [-0.15, -0.1) is 0 Å². The van der Waals surface area contributed by atoms with Crippen LogP contribution in [-0.2, 0) is 24.2 Å². The van der Waals surface area contributed by atoms with Crippen LogP contribution in [0.1, 0.15) is 23.2 Å². The molecule has 0 aliphatic heterocycles. The molecule has 0 saturated heterocycles. The Morgan fingerprint density at radius 1 is 1.27 bits per heavy atom. The first-order valence-corrected chi connectivity index (χ1v) is 8.59.